The molecule has 0 atom stereocenters. The minimum Gasteiger partial charge on any atom is -0.478 e. The van der Waals surface area contributed by atoms with Gasteiger partial charge in [-0.1, -0.05) is 30.3 Å². The topological polar surface area (TPSA) is 62.5 Å². The third-order valence-electron chi connectivity index (χ3n) is 3.83. The zero-order chi connectivity index (χ0) is 13.9. The van der Waals surface area contributed by atoms with Crippen molar-refractivity contribution in [3.63, 3.8) is 0 Å². The number of carbonyl (C=O) groups is 1. The second kappa shape index (κ2) is 5.51. The van der Waals surface area contributed by atoms with E-state index in [4.69, 9.17) is 4.42 Å². The number of carboxylic acids is 1. The van der Waals surface area contributed by atoms with Crippen LogP contribution in [0, 0.1) is 0 Å². The van der Waals surface area contributed by atoms with Gasteiger partial charge >= 0.3 is 5.97 Å². The van der Waals surface area contributed by atoms with Gasteiger partial charge in [-0.25, -0.2) is 4.79 Å². The first kappa shape index (κ1) is 12.9. The van der Waals surface area contributed by atoms with Gasteiger partial charge in [-0.15, -0.1) is 0 Å². The minimum atomic E-state index is -0.911. The summed E-state index contributed by atoms with van der Waals surface area (Å²) in [6.45, 7) is 1.82. The molecule has 4 nitrogen and oxygen atoms in total. The van der Waals surface area contributed by atoms with E-state index in [2.05, 4.69) is 5.32 Å². The first-order valence-electron chi connectivity index (χ1n) is 6.88. The highest BCUT2D eigenvalue weighted by Gasteiger charge is 2.28. The fourth-order valence-electron chi connectivity index (χ4n) is 2.81. The van der Waals surface area contributed by atoms with Crippen LogP contribution in [0.2, 0.25) is 0 Å². The maximum Gasteiger partial charge on any atom is 0.339 e. The van der Waals surface area contributed by atoms with E-state index >= 15 is 0 Å². The van der Waals surface area contributed by atoms with E-state index in [-0.39, 0.29) is 5.92 Å². The van der Waals surface area contributed by atoms with Gasteiger partial charge in [-0.05, 0) is 31.5 Å². The molecule has 2 N–H and O–H groups in total. The molecule has 0 spiro atoms. The van der Waals surface area contributed by atoms with Crippen molar-refractivity contribution in [2.45, 2.75) is 18.8 Å². The van der Waals surface area contributed by atoms with Gasteiger partial charge in [0.25, 0.3) is 0 Å². The molecule has 20 heavy (non-hydrogen) atoms. The van der Waals surface area contributed by atoms with Gasteiger partial charge in [-0.3, -0.25) is 0 Å². The van der Waals surface area contributed by atoms with Crippen LogP contribution in [0.15, 0.2) is 41.0 Å². The molecular weight excluding hydrogens is 254 g/mol. The summed E-state index contributed by atoms with van der Waals surface area (Å²) in [5.74, 6) is -0.0937. The number of carboxylic acid groups (broad SMARTS) is 1. The Bertz CT molecular complexity index is 597. The highest BCUT2D eigenvalue weighted by molar-refractivity contribution is 5.97. The number of aromatic carboxylic acids is 1. The van der Waals surface area contributed by atoms with Crippen molar-refractivity contribution in [3.8, 4) is 11.1 Å². The fourth-order valence-corrected chi connectivity index (χ4v) is 2.81. The van der Waals surface area contributed by atoms with Crippen molar-refractivity contribution >= 4 is 5.97 Å². The van der Waals surface area contributed by atoms with E-state index in [9.17, 15) is 9.90 Å². The molecule has 1 aromatic heterocycles. The molecule has 2 heterocycles. The molecule has 3 rings (SSSR count). The first-order valence-corrected chi connectivity index (χ1v) is 6.88. The van der Waals surface area contributed by atoms with Crippen molar-refractivity contribution in [1.82, 2.24) is 5.32 Å². The second-order valence-electron chi connectivity index (χ2n) is 5.08. The summed E-state index contributed by atoms with van der Waals surface area (Å²) < 4.78 is 5.64. The van der Waals surface area contributed by atoms with Crippen molar-refractivity contribution in [2.75, 3.05) is 13.1 Å². The largest absolute Gasteiger partial charge is 0.478 e. The standard InChI is InChI=1S/C16H17NO3/c18-16(19)14-13(11-4-2-1-3-5-11)10-20-15(14)12-6-8-17-9-7-12/h1-5,10,12,17H,6-9H2,(H,18,19). The summed E-state index contributed by atoms with van der Waals surface area (Å²) in [6.07, 6.45) is 3.42. The number of piperidine rings is 1. The van der Waals surface area contributed by atoms with Gasteiger partial charge in [0, 0.05) is 11.5 Å². The molecule has 0 amide bonds. The molecule has 2 aromatic rings. The van der Waals surface area contributed by atoms with Gasteiger partial charge < -0.3 is 14.8 Å². The molecule has 0 radical (unpaired) electrons. The van der Waals surface area contributed by atoms with E-state index < -0.39 is 5.97 Å². The maximum atomic E-state index is 11.6. The Kier molecular flexibility index (Phi) is 3.56. The smallest absolute Gasteiger partial charge is 0.339 e. The van der Waals surface area contributed by atoms with Crippen LogP contribution < -0.4 is 5.32 Å². The van der Waals surface area contributed by atoms with E-state index in [0.717, 1.165) is 31.5 Å². The summed E-state index contributed by atoms with van der Waals surface area (Å²) in [4.78, 5) is 11.6. The van der Waals surface area contributed by atoms with Crippen LogP contribution in [-0.4, -0.2) is 24.2 Å². The van der Waals surface area contributed by atoms with Crippen molar-refractivity contribution in [2.24, 2.45) is 0 Å². The number of benzene rings is 1. The number of furan rings is 1. The molecule has 104 valence electrons. The Balaban J connectivity index is 2.04. The van der Waals surface area contributed by atoms with E-state index in [1.165, 1.54) is 0 Å². The Hall–Kier alpha value is -2.07. The van der Waals surface area contributed by atoms with Crippen LogP contribution in [0.25, 0.3) is 11.1 Å². The number of nitrogens with one attached hydrogen (secondary N) is 1. The average Bonchev–Trinajstić information content (AvgIpc) is 2.94. The third kappa shape index (κ3) is 2.34. The van der Waals surface area contributed by atoms with Crippen molar-refractivity contribution < 1.29 is 14.3 Å². The Morgan fingerprint density at radius 3 is 2.55 bits per heavy atom. The van der Waals surface area contributed by atoms with Crippen molar-refractivity contribution in [3.05, 3.63) is 47.9 Å². The molecule has 0 unspecified atom stereocenters. The normalized spacial score (nSPS) is 16.2. The average molecular weight is 271 g/mol. The van der Waals surface area contributed by atoms with Gasteiger partial charge in [0.05, 0.1) is 6.26 Å². The molecule has 1 aliphatic rings. The summed E-state index contributed by atoms with van der Waals surface area (Å²) in [7, 11) is 0. The zero-order valence-electron chi connectivity index (χ0n) is 11.1. The Labute approximate surface area is 117 Å². The van der Waals surface area contributed by atoms with E-state index in [1.54, 1.807) is 6.26 Å². The zero-order valence-corrected chi connectivity index (χ0v) is 11.1. The van der Waals surface area contributed by atoms with Gasteiger partial charge in [0.1, 0.15) is 11.3 Å². The van der Waals surface area contributed by atoms with Crippen LogP contribution in [0.5, 0.6) is 0 Å². The summed E-state index contributed by atoms with van der Waals surface area (Å²) in [5.41, 5.74) is 1.88. The van der Waals surface area contributed by atoms with Gasteiger partial charge in [0.2, 0.25) is 0 Å². The second-order valence-corrected chi connectivity index (χ2v) is 5.08. The van der Waals surface area contributed by atoms with Crippen LogP contribution in [-0.2, 0) is 0 Å². The van der Waals surface area contributed by atoms with Gasteiger partial charge in [0.15, 0.2) is 0 Å². The van der Waals surface area contributed by atoms with Crippen molar-refractivity contribution in [1.29, 1.82) is 0 Å². The first-order chi connectivity index (χ1) is 9.77. The Morgan fingerprint density at radius 2 is 1.90 bits per heavy atom. The maximum absolute atomic E-state index is 11.6. The minimum absolute atomic E-state index is 0.194. The predicted molar refractivity (Wildman–Crippen MR) is 75.9 cm³/mol. The monoisotopic (exact) mass is 271 g/mol. The number of hydrogen-bond donors (Lipinski definition) is 2. The van der Waals surface area contributed by atoms with E-state index in [0.29, 0.717) is 16.9 Å². The molecule has 4 heteroatoms. The summed E-state index contributed by atoms with van der Waals surface area (Å²) in [6, 6.07) is 9.53. The summed E-state index contributed by atoms with van der Waals surface area (Å²) in [5, 5.41) is 12.8. The highest BCUT2D eigenvalue weighted by Crippen LogP contribution is 2.35. The lowest BCUT2D eigenvalue weighted by molar-refractivity contribution is 0.0694. The molecule has 1 aromatic carbocycles. The summed E-state index contributed by atoms with van der Waals surface area (Å²) >= 11 is 0. The SMILES string of the molecule is O=C(O)c1c(-c2ccccc2)coc1C1CCNCC1. The fraction of sp³-hybridized carbons (Fsp3) is 0.312. The number of rotatable bonds is 3. The third-order valence-corrected chi connectivity index (χ3v) is 3.83. The van der Waals surface area contributed by atoms with Crippen LogP contribution in [0.1, 0.15) is 34.9 Å². The Morgan fingerprint density at radius 1 is 1.20 bits per heavy atom. The molecule has 1 saturated heterocycles. The van der Waals surface area contributed by atoms with Gasteiger partial charge in [-0.2, -0.15) is 0 Å². The van der Waals surface area contributed by atoms with E-state index in [1.807, 2.05) is 30.3 Å². The van der Waals surface area contributed by atoms with Crippen LogP contribution in [0.4, 0.5) is 0 Å². The molecule has 1 aliphatic heterocycles. The lowest BCUT2D eigenvalue weighted by Gasteiger charge is -2.21. The molecule has 0 saturated carbocycles. The number of hydrogen-bond acceptors (Lipinski definition) is 3. The molecule has 1 fully saturated rings. The molecular formula is C16H17NO3. The lowest BCUT2D eigenvalue weighted by atomic mass is 9.91. The molecule has 0 bridgehead atoms. The quantitative estimate of drug-likeness (QED) is 0.900. The highest BCUT2D eigenvalue weighted by atomic mass is 16.4. The van der Waals surface area contributed by atoms with Crippen LogP contribution in [0.3, 0.4) is 0 Å². The predicted octanol–water partition coefficient (Wildman–Crippen LogP) is 3.11. The lowest BCUT2D eigenvalue weighted by Crippen LogP contribution is -2.27. The molecule has 0 aliphatic carbocycles. The van der Waals surface area contributed by atoms with Crippen LogP contribution >= 0.6 is 0 Å².